The number of rotatable bonds is 6. The largest absolute Gasteiger partial charge is 0.492 e. The molecule has 2 nitrogen and oxygen atoms in total. The summed E-state index contributed by atoms with van der Waals surface area (Å²) in [6, 6.07) is 28.4. The third-order valence-electron chi connectivity index (χ3n) is 5.93. The predicted octanol–water partition coefficient (Wildman–Crippen LogP) is 6.17. The highest BCUT2D eigenvalue weighted by atomic mass is 16.5. The van der Waals surface area contributed by atoms with E-state index < -0.39 is 0 Å². The van der Waals surface area contributed by atoms with Crippen LogP contribution in [0.1, 0.15) is 35.6 Å². The number of nitrogens with zero attached hydrogens (tertiary/aromatic N) is 1. The van der Waals surface area contributed by atoms with Crippen LogP contribution in [-0.4, -0.2) is 32.1 Å². The average molecular weight is 398 g/mol. The van der Waals surface area contributed by atoms with Crippen molar-refractivity contribution in [2.45, 2.75) is 19.8 Å². The molecule has 0 fully saturated rings. The number of hydrogen-bond acceptors (Lipinski definition) is 2. The summed E-state index contributed by atoms with van der Waals surface area (Å²) in [7, 11) is 4.13. The molecule has 1 aliphatic carbocycles. The van der Waals surface area contributed by atoms with Crippen LogP contribution in [0.4, 0.5) is 0 Å². The predicted molar refractivity (Wildman–Crippen MR) is 127 cm³/mol. The molecule has 154 valence electrons. The van der Waals surface area contributed by atoms with Crippen molar-refractivity contribution >= 4 is 11.1 Å². The number of aryl methyl sites for hydroxylation is 1. The molecular weight excluding hydrogens is 366 g/mol. The molecule has 0 saturated heterocycles. The maximum Gasteiger partial charge on any atom is 0.119 e. The number of ether oxygens (including phenoxy) is 1. The third kappa shape index (κ3) is 4.49. The lowest BCUT2D eigenvalue weighted by Crippen LogP contribution is -2.19. The van der Waals surface area contributed by atoms with E-state index in [1.807, 2.05) is 0 Å². The van der Waals surface area contributed by atoms with Gasteiger partial charge in [-0.1, -0.05) is 73.7 Å². The fourth-order valence-corrected chi connectivity index (χ4v) is 4.31. The number of likely N-dealkylation sites (N-methyl/N-ethyl adjacent to an activating group) is 1. The summed E-state index contributed by atoms with van der Waals surface area (Å²) in [5.41, 5.74) is 8.19. The van der Waals surface area contributed by atoms with E-state index >= 15 is 0 Å². The Bertz CT molecular complexity index is 1000. The first-order chi connectivity index (χ1) is 14.6. The highest BCUT2D eigenvalue weighted by Gasteiger charge is 2.24. The van der Waals surface area contributed by atoms with Crippen molar-refractivity contribution in [1.82, 2.24) is 4.90 Å². The number of benzene rings is 3. The molecule has 1 aliphatic rings. The summed E-state index contributed by atoms with van der Waals surface area (Å²) in [5, 5.41) is 0. The summed E-state index contributed by atoms with van der Waals surface area (Å²) in [4.78, 5) is 2.13. The van der Waals surface area contributed by atoms with E-state index in [-0.39, 0.29) is 0 Å². The van der Waals surface area contributed by atoms with Gasteiger partial charge in [0.2, 0.25) is 0 Å². The van der Waals surface area contributed by atoms with E-state index in [1.54, 1.807) is 0 Å². The van der Waals surface area contributed by atoms with Crippen LogP contribution in [0.25, 0.3) is 11.1 Å². The van der Waals surface area contributed by atoms with Crippen molar-refractivity contribution in [3.8, 4) is 5.75 Å². The first-order valence-electron chi connectivity index (χ1n) is 10.9. The van der Waals surface area contributed by atoms with Gasteiger partial charge in [0.05, 0.1) is 0 Å². The lowest BCUT2D eigenvalue weighted by molar-refractivity contribution is 0.261. The third-order valence-corrected chi connectivity index (χ3v) is 5.93. The SMILES string of the molecule is CC1CCc2ccccc2C(c2ccc(OCCN(C)C)cc2)=C1c1ccccc1. The zero-order valence-electron chi connectivity index (χ0n) is 18.3. The van der Waals surface area contributed by atoms with Crippen LogP contribution in [-0.2, 0) is 6.42 Å². The van der Waals surface area contributed by atoms with Crippen LogP contribution in [0.2, 0.25) is 0 Å². The van der Waals surface area contributed by atoms with E-state index in [0.29, 0.717) is 12.5 Å². The van der Waals surface area contributed by atoms with Crippen LogP contribution >= 0.6 is 0 Å². The summed E-state index contributed by atoms with van der Waals surface area (Å²) in [5.74, 6) is 1.42. The van der Waals surface area contributed by atoms with Gasteiger partial charge in [-0.2, -0.15) is 0 Å². The van der Waals surface area contributed by atoms with Gasteiger partial charge in [-0.05, 0) is 78.4 Å². The Kier molecular flexibility index (Phi) is 6.35. The normalized spacial score (nSPS) is 16.3. The monoisotopic (exact) mass is 397 g/mol. The van der Waals surface area contributed by atoms with Gasteiger partial charge in [0, 0.05) is 6.54 Å². The molecule has 3 aromatic rings. The van der Waals surface area contributed by atoms with Crippen LogP contribution in [0.5, 0.6) is 5.75 Å². The standard InChI is InChI=1S/C28H31NO/c1-21-13-14-22-9-7-8-12-26(22)28(27(21)23-10-5-4-6-11-23)24-15-17-25(18-16-24)30-20-19-29(2)3/h4-12,15-18,21H,13-14,19-20H2,1-3H3. The molecule has 2 heteroatoms. The fraction of sp³-hybridized carbons (Fsp3) is 0.286. The van der Waals surface area contributed by atoms with E-state index in [9.17, 15) is 0 Å². The molecule has 0 aromatic heterocycles. The average Bonchev–Trinajstić information content (AvgIpc) is 2.91. The topological polar surface area (TPSA) is 12.5 Å². The van der Waals surface area contributed by atoms with Gasteiger partial charge in [0.15, 0.2) is 0 Å². The zero-order chi connectivity index (χ0) is 20.9. The van der Waals surface area contributed by atoms with Crippen molar-refractivity contribution in [3.63, 3.8) is 0 Å². The lowest BCUT2D eigenvalue weighted by atomic mass is 9.84. The minimum atomic E-state index is 0.491. The maximum absolute atomic E-state index is 5.93. The Balaban J connectivity index is 1.80. The first-order valence-corrected chi connectivity index (χ1v) is 10.9. The lowest BCUT2D eigenvalue weighted by Gasteiger charge is -2.20. The molecular formula is C28H31NO. The van der Waals surface area contributed by atoms with Crippen LogP contribution in [0, 0.1) is 5.92 Å². The summed E-state index contributed by atoms with van der Waals surface area (Å²) >= 11 is 0. The molecule has 0 bridgehead atoms. The maximum atomic E-state index is 5.93. The minimum absolute atomic E-state index is 0.491. The Morgan fingerprint density at radius 1 is 0.833 bits per heavy atom. The van der Waals surface area contributed by atoms with Gasteiger partial charge in [0.25, 0.3) is 0 Å². The Morgan fingerprint density at radius 3 is 2.27 bits per heavy atom. The molecule has 3 aromatic carbocycles. The molecule has 1 unspecified atom stereocenters. The number of allylic oxidation sites excluding steroid dienone is 1. The van der Waals surface area contributed by atoms with Gasteiger partial charge < -0.3 is 9.64 Å². The second-order valence-electron chi connectivity index (χ2n) is 8.43. The second-order valence-corrected chi connectivity index (χ2v) is 8.43. The first kappa shape index (κ1) is 20.4. The van der Waals surface area contributed by atoms with Gasteiger partial charge in [0.1, 0.15) is 12.4 Å². The summed E-state index contributed by atoms with van der Waals surface area (Å²) < 4.78 is 5.93. The molecule has 0 radical (unpaired) electrons. The Labute approximate surface area is 180 Å². The van der Waals surface area contributed by atoms with E-state index in [0.717, 1.165) is 25.1 Å². The molecule has 4 rings (SSSR count). The van der Waals surface area contributed by atoms with Gasteiger partial charge in [-0.3, -0.25) is 0 Å². The number of hydrogen-bond donors (Lipinski definition) is 0. The summed E-state index contributed by atoms with van der Waals surface area (Å²) in [6.45, 7) is 3.98. The number of fused-ring (bicyclic) bond motifs is 1. The van der Waals surface area contributed by atoms with Gasteiger partial charge in [-0.25, -0.2) is 0 Å². The molecule has 0 aliphatic heterocycles. The van der Waals surface area contributed by atoms with Crippen molar-refractivity contribution in [2.24, 2.45) is 5.92 Å². The van der Waals surface area contributed by atoms with Gasteiger partial charge in [-0.15, -0.1) is 0 Å². The highest BCUT2D eigenvalue weighted by molar-refractivity contribution is 6.00. The van der Waals surface area contributed by atoms with Crippen molar-refractivity contribution in [3.05, 3.63) is 101 Å². The highest BCUT2D eigenvalue weighted by Crippen LogP contribution is 2.42. The van der Waals surface area contributed by atoms with Crippen LogP contribution < -0.4 is 4.74 Å². The molecule has 30 heavy (non-hydrogen) atoms. The minimum Gasteiger partial charge on any atom is -0.492 e. The van der Waals surface area contributed by atoms with E-state index in [1.165, 1.54) is 33.4 Å². The summed E-state index contributed by atoms with van der Waals surface area (Å²) in [6.07, 6.45) is 2.28. The zero-order valence-corrected chi connectivity index (χ0v) is 18.3. The van der Waals surface area contributed by atoms with Gasteiger partial charge >= 0.3 is 0 Å². The van der Waals surface area contributed by atoms with Crippen LogP contribution in [0.15, 0.2) is 78.9 Å². The van der Waals surface area contributed by atoms with Crippen molar-refractivity contribution in [1.29, 1.82) is 0 Å². The Morgan fingerprint density at radius 2 is 1.53 bits per heavy atom. The Hall–Kier alpha value is -2.84. The van der Waals surface area contributed by atoms with Crippen molar-refractivity contribution in [2.75, 3.05) is 27.2 Å². The van der Waals surface area contributed by atoms with E-state index in [2.05, 4.69) is 105 Å². The van der Waals surface area contributed by atoms with E-state index in [4.69, 9.17) is 4.74 Å². The quantitative estimate of drug-likeness (QED) is 0.493. The molecule has 1 atom stereocenters. The second kappa shape index (κ2) is 9.32. The van der Waals surface area contributed by atoms with Crippen molar-refractivity contribution < 1.29 is 4.74 Å². The molecule has 0 spiro atoms. The molecule has 0 N–H and O–H groups in total. The van der Waals surface area contributed by atoms with Crippen LogP contribution in [0.3, 0.4) is 0 Å². The molecule has 0 amide bonds. The molecule has 0 saturated carbocycles. The smallest absolute Gasteiger partial charge is 0.119 e. The molecule has 0 heterocycles. The fourth-order valence-electron chi connectivity index (χ4n) is 4.31.